The molecule has 2 rings (SSSR count). The molecule has 104 valence electrons. The zero-order chi connectivity index (χ0) is 14.7. The van der Waals surface area contributed by atoms with E-state index in [4.69, 9.17) is 27.9 Å². The Bertz CT molecular complexity index is 656. The van der Waals surface area contributed by atoms with Gasteiger partial charge >= 0.3 is 0 Å². The molecule has 0 aliphatic heterocycles. The van der Waals surface area contributed by atoms with Gasteiger partial charge in [0.2, 0.25) is 5.78 Å². The molecule has 2 aromatic carbocycles. The maximum Gasteiger partial charge on any atom is 0.201 e. The molecule has 0 heterocycles. The smallest absolute Gasteiger partial charge is 0.201 e. The summed E-state index contributed by atoms with van der Waals surface area (Å²) in [5, 5.41) is 0.841. The highest BCUT2D eigenvalue weighted by Gasteiger charge is 2.12. The van der Waals surface area contributed by atoms with E-state index < -0.39 is 0 Å². The highest BCUT2D eigenvalue weighted by atomic mass is 79.9. The topological polar surface area (TPSA) is 26.3 Å². The Balaban J connectivity index is 2.10. The number of rotatable bonds is 4. The lowest BCUT2D eigenvalue weighted by Crippen LogP contribution is -2.12. The summed E-state index contributed by atoms with van der Waals surface area (Å²) in [6.07, 6.45) is 0. The van der Waals surface area contributed by atoms with Crippen LogP contribution in [0.2, 0.25) is 10.0 Å². The van der Waals surface area contributed by atoms with Crippen LogP contribution in [0.5, 0.6) is 5.75 Å². The lowest BCUT2D eigenvalue weighted by Gasteiger charge is -2.09. The van der Waals surface area contributed by atoms with E-state index >= 15 is 0 Å². The second-order valence-corrected chi connectivity index (χ2v) is 6.01. The van der Waals surface area contributed by atoms with Crippen LogP contribution in [0.4, 0.5) is 0 Å². The van der Waals surface area contributed by atoms with Gasteiger partial charge in [-0.15, -0.1) is 0 Å². The fraction of sp³-hybridized carbons (Fsp3) is 0.133. The van der Waals surface area contributed by atoms with Crippen LogP contribution in [0, 0.1) is 6.92 Å². The first-order valence-corrected chi connectivity index (χ1v) is 7.39. The van der Waals surface area contributed by atoms with Gasteiger partial charge in [-0.3, -0.25) is 4.79 Å². The maximum atomic E-state index is 12.1. The van der Waals surface area contributed by atoms with Gasteiger partial charge in [0.15, 0.2) is 6.61 Å². The Kier molecular flexibility index (Phi) is 5.08. The van der Waals surface area contributed by atoms with Crippen LogP contribution in [0.1, 0.15) is 15.9 Å². The van der Waals surface area contributed by atoms with Crippen LogP contribution < -0.4 is 4.74 Å². The van der Waals surface area contributed by atoms with E-state index in [1.54, 1.807) is 18.2 Å². The quantitative estimate of drug-likeness (QED) is 0.677. The number of aryl methyl sites for hydroxylation is 1. The van der Waals surface area contributed by atoms with Crippen molar-refractivity contribution < 1.29 is 9.53 Å². The molecule has 0 amide bonds. The first-order valence-electron chi connectivity index (χ1n) is 5.84. The van der Waals surface area contributed by atoms with E-state index in [1.165, 1.54) is 0 Å². The summed E-state index contributed by atoms with van der Waals surface area (Å²) in [6, 6.07) is 10.4. The highest BCUT2D eigenvalue weighted by Crippen LogP contribution is 2.24. The van der Waals surface area contributed by atoms with Gasteiger partial charge < -0.3 is 4.74 Å². The van der Waals surface area contributed by atoms with Gasteiger partial charge in [0.25, 0.3) is 0 Å². The molecule has 0 spiro atoms. The standard InChI is InChI=1S/C15H11BrCl2O2/c1-9-6-10(16)2-5-15(9)20-8-14(19)12-7-11(17)3-4-13(12)18/h2-7H,8H2,1H3. The van der Waals surface area contributed by atoms with Gasteiger partial charge in [-0.25, -0.2) is 0 Å². The van der Waals surface area contributed by atoms with Crippen molar-refractivity contribution in [3.8, 4) is 5.75 Å². The minimum absolute atomic E-state index is 0.0808. The predicted octanol–water partition coefficient (Wildman–Crippen LogP) is 5.33. The highest BCUT2D eigenvalue weighted by molar-refractivity contribution is 9.10. The van der Waals surface area contributed by atoms with Crippen LogP contribution in [0.3, 0.4) is 0 Å². The van der Waals surface area contributed by atoms with Crippen LogP contribution in [-0.4, -0.2) is 12.4 Å². The molecule has 0 saturated carbocycles. The molecule has 2 aromatic rings. The van der Waals surface area contributed by atoms with E-state index in [0.29, 0.717) is 21.4 Å². The number of halogens is 3. The minimum atomic E-state index is -0.209. The molecule has 0 N–H and O–H groups in total. The van der Waals surface area contributed by atoms with Crippen LogP contribution in [0.25, 0.3) is 0 Å². The van der Waals surface area contributed by atoms with Crippen LogP contribution in [-0.2, 0) is 0 Å². The van der Waals surface area contributed by atoms with Crippen molar-refractivity contribution in [3.05, 3.63) is 62.0 Å². The second kappa shape index (κ2) is 6.61. The third-order valence-electron chi connectivity index (χ3n) is 2.72. The average Bonchev–Trinajstić information content (AvgIpc) is 2.40. The van der Waals surface area contributed by atoms with E-state index in [1.807, 2.05) is 25.1 Å². The molecule has 0 aliphatic rings. The molecule has 5 heteroatoms. The summed E-state index contributed by atoms with van der Waals surface area (Å²) >= 11 is 15.2. The maximum absolute atomic E-state index is 12.1. The lowest BCUT2D eigenvalue weighted by molar-refractivity contribution is 0.0921. The van der Waals surface area contributed by atoms with Crippen molar-refractivity contribution in [1.29, 1.82) is 0 Å². The number of ketones is 1. The molecule has 0 fully saturated rings. The summed E-state index contributed by atoms with van der Waals surface area (Å²) in [4.78, 5) is 12.1. The molecule has 0 saturated heterocycles. The molecule has 0 aliphatic carbocycles. The van der Waals surface area contributed by atoms with Crippen molar-refractivity contribution in [1.82, 2.24) is 0 Å². The normalized spacial score (nSPS) is 10.4. The molecule has 0 unspecified atom stereocenters. The van der Waals surface area contributed by atoms with Gasteiger partial charge in [0, 0.05) is 15.1 Å². The molecule has 0 radical (unpaired) electrons. The molecule has 0 aromatic heterocycles. The van der Waals surface area contributed by atoms with Gasteiger partial charge in [-0.05, 0) is 48.9 Å². The fourth-order valence-corrected chi connectivity index (χ4v) is 2.58. The van der Waals surface area contributed by atoms with Crippen molar-refractivity contribution in [2.75, 3.05) is 6.61 Å². The number of ether oxygens (including phenoxy) is 1. The Morgan fingerprint density at radius 2 is 1.95 bits per heavy atom. The molecule has 0 bridgehead atoms. The number of carbonyl (C=O) groups excluding carboxylic acids is 1. The monoisotopic (exact) mass is 372 g/mol. The molecular formula is C15H11BrCl2O2. The van der Waals surface area contributed by atoms with Gasteiger partial charge in [0.05, 0.1) is 5.02 Å². The summed E-state index contributed by atoms with van der Waals surface area (Å²) in [6.45, 7) is 1.83. The van der Waals surface area contributed by atoms with E-state index in [2.05, 4.69) is 15.9 Å². The summed E-state index contributed by atoms with van der Waals surface area (Å²) in [5.74, 6) is 0.458. The largest absolute Gasteiger partial charge is 0.485 e. The van der Waals surface area contributed by atoms with Crippen LogP contribution in [0.15, 0.2) is 40.9 Å². The Morgan fingerprint density at radius 3 is 2.65 bits per heavy atom. The first kappa shape index (κ1) is 15.4. The van der Waals surface area contributed by atoms with Crippen molar-refractivity contribution in [3.63, 3.8) is 0 Å². The van der Waals surface area contributed by atoms with Crippen molar-refractivity contribution in [2.45, 2.75) is 6.92 Å². The lowest BCUT2D eigenvalue weighted by atomic mass is 10.1. The second-order valence-electron chi connectivity index (χ2n) is 4.25. The van der Waals surface area contributed by atoms with E-state index in [-0.39, 0.29) is 12.4 Å². The number of hydrogen-bond donors (Lipinski definition) is 0. The van der Waals surface area contributed by atoms with E-state index in [0.717, 1.165) is 10.0 Å². The van der Waals surface area contributed by atoms with Crippen molar-refractivity contribution in [2.24, 2.45) is 0 Å². The number of Topliss-reactive ketones (excluding diaryl/α,β-unsaturated/α-hetero) is 1. The van der Waals surface area contributed by atoms with E-state index in [9.17, 15) is 4.79 Å². The average molecular weight is 374 g/mol. The Hall–Kier alpha value is -1.03. The zero-order valence-electron chi connectivity index (χ0n) is 10.6. The van der Waals surface area contributed by atoms with Crippen LogP contribution >= 0.6 is 39.1 Å². The SMILES string of the molecule is Cc1cc(Br)ccc1OCC(=O)c1cc(Cl)ccc1Cl. The van der Waals surface area contributed by atoms with Crippen molar-refractivity contribution >= 4 is 44.9 Å². The minimum Gasteiger partial charge on any atom is -0.485 e. The number of benzene rings is 2. The fourth-order valence-electron chi connectivity index (χ4n) is 1.71. The third kappa shape index (κ3) is 3.75. The van der Waals surface area contributed by atoms with Gasteiger partial charge in [0.1, 0.15) is 5.75 Å². The zero-order valence-corrected chi connectivity index (χ0v) is 13.7. The first-order chi connectivity index (χ1) is 9.47. The molecule has 20 heavy (non-hydrogen) atoms. The molecule has 2 nitrogen and oxygen atoms in total. The number of carbonyl (C=O) groups is 1. The Labute approximate surface area is 135 Å². The predicted molar refractivity (Wildman–Crippen MR) is 85.2 cm³/mol. The summed E-state index contributed by atoms with van der Waals surface area (Å²) < 4.78 is 6.50. The van der Waals surface area contributed by atoms with Gasteiger partial charge in [-0.1, -0.05) is 39.1 Å². The third-order valence-corrected chi connectivity index (χ3v) is 3.78. The molecule has 0 atom stereocenters. The van der Waals surface area contributed by atoms with Gasteiger partial charge in [-0.2, -0.15) is 0 Å². The Morgan fingerprint density at radius 1 is 1.20 bits per heavy atom. The number of hydrogen-bond acceptors (Lipinski definition) is 2. The summed E-state index contributed by atoms with van der Waals surface area (Å²) in [7, 11) is 0. The molecular weight excluding hydrogens is 363 g/mol. The summed E-state index contributed by atoms with van der Waals surface area (Å²) in [5.41, 5.74) is 1.32.